The average Bonchev–Trinajstić information content (AvgIpc) is 2.06. The Balaban J connectivity index is 3.49. The molecule has 1 aromatic rings. The molecule has 0 saturated heterocycles. The maximum Gasteiger partial charge on any atom is 0.415 e. The average molecular weight is 223 g/mol. The molecular weight excluding hydrogens is 220 g/mol. The van der Waals surface area contributed by atoms with Gasteiger partial charge in [0.1, 0.15) is 5.82 Å². The maximum atomic E-state index is 12.6. The molecule has 0 heterocycles. The quantitative estimate of drug-likeness (QED) is 0.736. The number of alkyl halides is 3. The summed E-state index contributed by atoms with van der Waals surface area (Å²) in [5.41, 5.74) is -3.05. The molecule has 1 rings (SSSR count). The van der Waals surface area contributed by atoms with Crippen LogP contribution in [0.2, 0.25) is 0 Å². The van der Waals surface area contributed by atoms with Gasteiger partial charge in [-0.05, 0) is 12.1 Å². The molecule has 0 spiro atoms. The molecule has 1 N–H and O–H groups in total. The molecule has 7 heteroatoms. The lowest BCUT2D eigenvalue weighted by atomic mass is 10.1. The van der Waals surface area contributed by atoms with Gasteiger partial charge in [0, 0.05) is 0 Å². The Morgan fingerprint density at radius 2 is 1.87 bits per heavy atom. The fraction of sp³-hybridized carbons (Fsp3) is 0.125. The highest BCUT2D eigenvalue weighted by Crippen LogP contribution is 2.36. The minimum absolute atomic E-state index is 0.0330. The SMILES string of the molecule is O=C(O)c1cc(F)cc(C(F)(F)F)c1[O-]. The van der Waals surface area contributed by atoms with E-state index in [0.29, 0.717) is 0 Å². The van der Waals surface area contributed by atoms with E-state index in [-0.39, 0.29) is 12.1 Å². The number of aromatic carboxylic acids is 1. The van der Waals surface area contributed by atoms with Gasteiger partial charge in [0.15, 0.2) is 0 Å². The van der Waals surface area contributed by atoms with E-state index < -0.39 is 34.8 Å². The van der Waals surface area contributed by atoms with Crippen LogP contribution in [0.25, 0.3) is 0 Å². The minimum atomic E-state index is -5.07. The second kappa shape index (κ2) is 3.41. The van der Waals surface area contributed by atoms with E-state index in [1.54, 1.807) is 0 Å². The van der Waals surface area contributed by atoms with Gasteiger partial charge in [0.05, 0.1) is 11.1 Å². The number of carboxylic acid groups (broad SMARTS) is 1. The molecule has 15 heavy (non-hydrogen) atoms. The summed E-state index contributed by atoms with van der Waals surface area (Å²) in [5.74, 6) is -5.05. The summed E-state index contributed by atoms with van der Waals surface area (Å²) in [5, 5.41) is 19.3. The Labute approximate surface area is 80.6 Å². The number of carbonyl (C=O) groups is 1. The first kappa shape index (κ1) is 11.3. The molecule has 0 unspecified atom stereocenters. The lowest BCUT2D eigenvalue weighted by Crippen LogP contribution is -2.14. The van der Waals surface area contributed by atoms with Crippen LogP contribution in [-0.4, -0.2) is 11.1 Å². The van der Waals surface area contributed by atoms with E-state index in [2.05, 4.69) is 0 Å². The Bertz CT molecular complexity index is 411. The first-order valence-electron chi connectivity index (χ1n) is 3.54. The number of halogens is 4. The molecule has 1 aromatic carbocycles. The lowest BCUT2D eigenvalue weighted by Gasteiger charge is -2.18. The molecule has 3 nitrogen and oxygen atoms in total. The summed E-state index contributed by atoms with van der Waals surface area (Å²) in [6.45, 7) is 0. The molecule has 82 valence electrons. The highest BCUT2D eigenvalue weighted by Gasteiger charge is 2.33. The molecule has 0 aliphatic rings. The third-order valence-corrected chi connectivity index (χ3v) is 1.59. The van der Waals surface area contributed by atoms with Crippen molar-refractivity contribution in [2.75, 3.05) is 0 Å². The molecule has 0 radical (unpaired) electrons. The predicted octanol–water partition coefficient (Wildman–Crippen LogP) is 1.62. The zero-order valence-electron chi connectivity index (χ0n) is 6.93. The number of benzene rings is 1. The number of rotatable bonds is 1. The van der Waals surface area contributed by atoms with E-state index in [9.17, 15) is 27.5 Å². The highest BCUT2D eigenvalue weighted by atomic mass is 19.4. The van der Waals surface area contributed by atoms with Crippen molar-refractivity contribution in [3.63, 3.8) is 0 Å². The van der Waals surface area contributed by atoms with Crippen molar-refractivity contribution < 1.29 is 32.6 Å². The zero-order chi connectivity index (χ0) is 11.8. The Morgan fingerprint density at radius 3 is 2.27 bits per heavy atom. The van der Waals surface area contributed by atoms with Crippen LogP contribution >= 0.6 is 0 Å². The topological polar surface area (TPSA) is 60.4 Å². The molecule has 0 bridgehead atoms. The zero-order valence-corrected chi connectivity index (χ0v) is 6.93. The van der Waals surface area contributed by atoms with Crippen LogP contribution in [0.4, 0.5) is 17.6 Å². The molecule has 0 aliphatic heterocycles. The second-order valence-electron chi connectivity index (χ2n) is 2.63. The number of carboxylic acids is 1. The fourth-order valence-electron chi connectivity index (χ4n) is 0.963. The molecular formula is C8H3F4O3-. The minimum Gasteiger partial charge on any atom is -0.871 e. The van der Waals surface area contributed by atoms with E-state index in [1.807, 2.05) is 0 Å². The van der Waals surface area contributed by atoms with Crippen molar-refractivity contribution in [1.82, 2.24) is 0 Å². The molecule has 0 atom stereocenters. The predicted molar refractivity (Wildman–Crippen MR) is 37.8 cm³/mol. The summed E-state index contributed by atoms with van der Waals surface area (Å²) in [6.07, 6.45) is -5.07. The normalized spacial score (nSPS) is 11.5. The van der Waals surface area contributed by atoms with Crippen molar-refractivity contribution >= 4 is 5.97 Å². The van der Waals surface area contributed by atoms with Gasteiger partial charge in [-0.15, -0.1) is 0 Å². The van der Waals surface area contributed by atoms with Gasteiger partial charge in [-0.25, -0.2) is 9.18 Å². The van der Waals surface area contributed by atoms with Crippen molar-refractivity contribution in [3.8, 4) is 5.75 Å². The first-order valence-corrected chi connectivity index (χ1v) is 3.54. The van der Waals surface area contributed by atoms with E-state index in [4.69, 9.17) is 5.11 Å². The summed E-state index contributed by atoms with van der Waals surface area (Å²) in [6, 6.07) is 0.217. The van der Waals surface area contributed by atoms with Crippen LogP contribution < -0.4 is 5.11 Å². The fourth-order valence-corrected chi connectivity index (χ4v) is 0.963. The Kier molecular flexibility index (Phi) is 2.57. The largest absolute Gasteiger partial charge is 0.871 e. The van der Waals surface area contributed by atoms with Gasteiger partial charge in [-0.2, -0.15) is 13.2 Å². The smallest absolute Gasteiger partial charge is 0.415 e. The van der Waals surface area contributed by atoms with Gasteiger partial charge in [-0.3, -0.25) is 0 Å². The third kappa shape index (κ3) is 2.17. The van der Waals surface area contributed by atoms with Gasteiger partial charge in [0.2, 0.25) is 0 Å². The maximum absolute atomic E-state index is 12.6. The molecule has 0 aromatic heterocycles. The van der Waals surface area contributed by atoms with Crippen molar-refractivity contribution in [2.24, 2.45) is 0 Å². The van der Waals surface area contributed by atoms with Crippen molar-refractivity contribution in [1.29, 1.82) is 0 Å². The molecule has 0 aliphatic carbocycles. The van der Waals surface area contributed by atoms with Crippen LogP contribution in [0.5, 0.6) is 5.75 Å². The second-order valence-corrected chi connectivity index (χ2v) is 2.63. The third-order valence-electron chi connectivity index (χ3n) is 1.59. The van der Waals surface area contributed by atoms with Gasteiger partial charge >= 0.3 is 12.1 Å². The first-order chi connectivity index (χ1) is 6.73. The number of hydrogen-bond acceptors (Lipinski definition) is 2. The van der Waals surface area contributed by atoms with Crippen LogP contribution in [-0.2, 0) is 6.18 Å². The van der Waals surface area contributed by atoms with Crippen LogP contribution in [0.1, 0.15) is 15.9 Å². The molecule has 0 amide bonds. The van der Waals surface area contributed by atoms with Crippen molar-refractivity contribution in [2.45, 2.75) is 6.18 Å². The van der Waals surface area contributed by atoms with Crippen LogP contribution in [0.3, 0.4) is 0 Å². The van der Waals surface area contributed by atoms with Gasteiger partial charge < -0.3 is 10.2 Å². The standard InChI is InChI=1S/C8H4F4O3/c9-3-1-4(7(14)15)6(13)5(2-3)8(10,11)12/h1-2,13H,(H,14,15)/p-1. The Hall–Kier alpha value is -1.79. The van der Waals surface area contributed by atoms with E-state index in [0.717, 1.165) is 0 Å². The van der Waals surface area contributed by atoms with Gasteiger partial charge in [0.25, 0.3) is 0 Å². The van der Waals surface area contributed by atoms with Crippen LogP contribution in [0.15, 0.2) is 12.1 Å². The highest BCUT2D eigenvalue weighted by molar-refractivity contribution is 5.91. The number of hydrogen-bond donors (Lipinski definition) is 1. The van der Waals surface area contributed by atoms with Crippen LogP contribution in [0, 0.1) is 5.82 Å². The monoisotopic (exact) mass is 223 g/mol. The van der Waals surface area contributed by atoms with Crippen molar-refractivity contribution in [3.05, 3.63) is 29.1 Å². The molecule has 0 fully saturated rings. The van der Waals surface area contributed by atoms with Gasteiger partial charge in [-0.1, -0.05) is 5.75 Å². The Morgan fingerprint density at radius 1 is 1.33 bits per heavy atom. The van der Waals surface area contributed by atoms with E-state index >= 15 is 0 Å². The summed E-state index contributed by atoms with van der Waals surface area (Å²) < 4.78 is 48.9. The summed E-state index contributed by atoms with van der Waals surface area (Å²) in [4.78, 5) is 10.3. The summed E-state index contributed by atoms with van der Waals surface area (Å²) >= 11 is 0. The van der Waals surface area contributed by atoms with E-state index in [1.165, 1.54) is 0 Å². The molecule has 0 saturated carbocycles. The summed E-state index contributed by atoms with van der Waals surface area (Å²) in [7, 11) is 0. The lowest BCUT2D eigenvalue weighted by molar-refractivity contribution is -0.276.